The highest BCUT2D eigenvalue weighted by molar-refractivity contribution is 7.89. The molecule has 1 heterocycles. The van der Waals surface area contributed by atoms with Crippen LogP contribution >= 0.6 is 0 Å². The van der Waals surface area contributed by atoms with Gasteiger partial charge in [-0.25, -0.2) is 8.42 Å². The van der Waals surface area contributed by atoms with Crippen LogP contribution in [0.2, 0.25) is 0 Å². The van der Waals surface area contributed by atoms with Crippen LogP contribution in [0.3, 0.4) is 0 Å². The van der Waals surface area contributed by atoms with Crippen molar-refractivity contribution in [1.29, 1.82) is 0 Å². The van der Waals surface area contributed by atoms with Gasteiger partial charge in [-0.05, 0) is 42.8 Å². The molecule has 0 saturated heterocycles. The molecular formula is C17H22N2O5S. The lowest BCUT2D eigenvalue weighted by Crippen LogP contribution is -2.33. The molecule has 0 unspecified atom stereocenters. The molecule has 1 aromatic carbocycles. The van der Waals surface area contributed by atoms with Gasteiger partial charge in [0.2, 0.25) is 15.9 Å². The largest absolute Gasteiger partial charge is 0.497 e. The molecule has 7 nitrogen and oxygen atoms in total. The van der Waals surface area contributed by atoms with E-state index < -0.39 is 16.1 Å². The van der Waals surface area contributed by atoms with Gasteiger partial charge in [-0.2, -0.15) is 4.72 Å². The molecule has 2 aromatic rings. The van der Waals surface area contributed by atoms with E-state index in [1.807, 2.05) is 6.92 Å². The number of benzene rings is 1. The molecular weight excluding hydrogens is 344 g/mol. The molecule has 0 fully saturated rings. The molecule has 2 N–H and O–H groups in total. The summed E-state index contributed by atoms with van der Waals surface area (Å²) in [5, 5.41) is 2.73. The van der Waals surface area contributed by atoms with Gasteiger partial charge in [-0.1, -0.05) is 6.92 Å². The molecule has 1 atom stereocenters. The summed E-state index contributed by atoms with van der Waals surface area (Å²) < 4.78 is 38.1. The zero-order valence-corrected chi connectivity index (χ0v) is 15.0. The van der Waals surface area contributed by atoms with E-state index in [-0.39, 0.29) is 17.2 Å². The first kappa shape index (κ1) is 19.0. The molecule has 0 aliphatic rings. The molecule has 1 aromatic heterocycles. The Kier molecular flexibility index (Phi) is 6.60. The van der Waals surface area contributed by atoms with Crippen molar-refractivity contribution in [3.05, 3.63) is 48.4 Å². The first-order valence-electron chi connectivity index (χ1n) is 7.92. The van der Waals surface area contributed by atoms with Crippen molar-refractivity contribution in [2.75, 3.05) is 13.7 Å². The van der Waals surface area contributed by atoms with Gasteiger partial charge in [-0.15, -0.1) is 0 Å². The highest BCUT2D eigenvalue weighted by Crippen LogP contribution is 2.22. The average Bonchev–Trinajstić information content (AvgIpc) is 3.14. The van der Waals surface area contributed by atoms with E-state index in [0.29, 0.717) is 18.1 Å². The minimum atomic E-state index is -3.82. The fourth-order valence-electron chi connectivity index (χ4n) is 2.22. The number of furan rings is 1. The van der Waals surface area contributed by atoms with Crippen molar-refractivity contribution >= 4 is 15.9 Å². The van der Waals surface area contributed by atoms with Crippen molar-refractivity contribution in [2.45, 2.75) is 30.7 Å². The minimum absolute atomic E-state index is 0.0527. The summed E-state index contributed by atoms with van der Waals surface area (Å²) in [7, 11) is -2.32. The summed E-state index contributed by atoms with van der Waals surface area (Å²) in [4.78, 5) is 12.1. The highest BCUT2D eigenvalue weighted by atomic mass is 32.2. The average molecular weight is 366 g/mol. The Morgan fingerprint density at radius 3 is 2.52 bits per heavy atom. The van der Waals surface area contributed by atoms with E-state index in [9.17, 15) is 13.2 Å². The number of carbonyl (C=O) groups excluding carboxylic acids is 1. The van der Waals surface area contributed by atoms with Gasteiger partial charge in [-0.3, -0.25) is 4.79 Å². The van der Waals surface area contributed by atoms with Crippen molar-refractivity contribution in [3.63, 3.8) is 0 Å². The van der Waals surface area contributed by atoms with E-state index in [1.165, 1.54) is 25.5 Å². The summed E-state index contributed by atoms with van der Waals surface area (Å²) >= 11 is 0. The lowest BCUT2D eigenvalue weighted by atomic mass is 10.1. The first-order chi connectivity index (χ1) is 12.0. The molecule has 1 amide bonds. The number of rotatable bonds is 9. The van der Waals surface area contributed by atoms with Gasteiger partial charge in [0, 0.05) is 6.54 Å². The number of amides is 1. The number of methoxy groups -OCH3 is 1. The Bertz CT molecular complexity index is 770. The van der Waals surface area contributed by atoms with Crippen LogP contribution in [0.25, 0.3) is 0 Å². The summed E-state index contributed by atoms with van der Waals surface area (Å²) in [5.74, 6) is 0.685. The second-order valence-electron chi connectivity index (χ2n) is 5.42. The van der Waals surface area contributed by atoms with Crippen LogP contribution in [0.1, 0.15) is 31.6 Å². The van der Waals surface area contributed by atoms with Gasteiger partial charge >= 0.3 is 0 Å². The van der Waals surface area contributed by atoms with E-state index >= 15 is 0 Å². The van der Waals surface area contributed by atoms with Crippen LogP contribution in [-0.2, 0) is 14.8 Å². The third-order valence-electron chi connectivity index (χ3n) is 3.52. The molecule has 0 bridgehead atoms. The molecule has 0 radical (unpaired) electrons. The molecule has 0 saturated carbocycles. The smallest absolute Gasteiger partial charge is 0.241 e. The number of hydrogen-bond donors (Lipinski definition) is 2. The minimum Gasteiger partial charge on any atom is -0.497 e. The molecule has 136 valence electrons. The zero-order chi connectivity index (χ0) is 18.3. The monoisotopic (exact) mass is 366 g/mol. The van der Waals surface area contributed by atoms with Crippen molar-refractivity contribution in [1.82, 2.24) is 10.0 Å². The third kappa shape index (κ3) is 5.33. The van der Waals surface area contributed by atoms with Crippen LogP contribution < -0.4 is 14.8 Å². The summed E-state index contributed by atoms with van der Waals surface area (Å²) in [5.41, 5.74) is 0. The van der Waals surface area contributed by atoms with Crippen LogP contribution in [-0.4, -0.2) is 28.0 Å². The van der Waals surface area contributed by atoms with Crippen molar-refractivity contribution < 1.29 is 22.4 Å². The molecule has 25 heavy (non-hydrogen) atoms. The van der Waals surface area contributed by atoms with Gasteiger partial charge in [0.25, 0.3) is 0 Å². The number of ether oxygens (including phenoxy) is 1. The SMILES string of the molecule is CCCNC(=O)C[C@@H](NS(=O)(=O)c1ccc(OC)cc1)c1ccco1. The second kappa shape index (κ2) is 8.68. The second-order valence-corrected chi connectivity index (χ2v) is 7.13. The molecule has 0 aliphatic carbocycles. The van der Waals surface area contributed by atoms with Crippen LogP contribution in [0.15, 0.2) is 52.0 Å². The lowest BCUT2D eigenvalue weighted by Gasteiger charge is -2.17. The summed E-state index contributed by atoms with van der Waals surface area (Å²) in [6.07, 6.45) is 2.19. The lowest BCUT2D eigenvalue weighted by molar-refractivity contribution is -0.121. The van der Waals surface area contributed by atoms with Gasteiger partial charge in [0.1, 0.15) is 11.5 Å². The van der Waals surface area contributed by atoms with Crippen molar-refractivity contribution in [3.8, 4) is 5.75 Å². The molecule has 8 heteroatoms. The highest BCUT2D eigenvalue weighted by Gasteiger charge is 2.25. The normalized spacial score (nSPS) is 12.6. The summed E-state index contributed by atoms with van der Waals surface area (Å²) in [6.45, 7) is 2.48. The van der Waals surface area contributed by atoms with E-state index in [4.69, 9.17) is 9.15 Å². The topological polar surface area (TPSA) is 97.6 Å². The van der Waals surface area contributed by atoms with Gasteiger partial charge < -0.3 is 14.5 Å². The van der Waals surface area contributed by atoms with Crippen LogP contribution in [0, 0.1) is 0 Å². The standard InChI is InChI=1S/C17H22N2O5S/c1-3-10-18-17(20)12-15(16-5-4-11-24-16)19-25(21,22)14-8-6-13(23-2)7-9-14/h4-9,11,15,19H,3,10,12H2,1-2H3,(H,18,20)/t15-/m1/s1. The molecule has 0 aliphatic heterocycles. The Labute approximate surface area is 147 Å². The zero-order valence-electron chi connectivity index (χ0n) is 14.2. The maximum atomic E-state index is 12.6. The van der Waals surface area contributed by atoms with Crippen molar-refractivity contribution in [2.24, 2.45) is 0 Å². The maximum Gasteiger partial charge on any atom is 0.241 e. The van der Waals surface area contributed by atoms with Crippen LogP contribution in [0.4, 0.5) is 0 Å². The van der Waals surface area contributed by atoms with Crippen LogP contribution in [0.5, 0.6) is 5.75 Å². The predicted molar refractivity (Wildman–Crippen MR) is 92.7 cm³/mol. The Morgan fingerprint density at radius 2 is 1.96 bits per heavy atom. The number of carbonyl (C=O) groups is 1. The maximum absolute atomic E-state index is 12.6. The first-order valence-corrected chi connectivity index (χ1v) is 9.41. The molecule has 0 spiro atoms. The quantitative estimate of drug-likeness (QED) is 0.709. The number of sulfonamides is 1. The number of nitrogens with one attached hydrogen (secondary N) is 2. The van der Waals surface area contributed by atoms with E-state index in [2.05, 4.69) is 10.0 Å². The fourth-order valence-corrected chi connectivity index (χ4v) is 3.43. The van der Waals surface area contributed by atoms with E-state index in [1.54, 1.807) is 24.3 Å². The predicted octanol–water partition coefficient (Wildman–Crippen LogP) is 2.22. The summed E-state index contributed by atoms with van der Waals surface area (Å²) in [6, 6.07) is 8.49. The Morgan fingerprint density at radius 1 is 1.24 bits per heavy atom. The van der Waals surface area contributed by atoms with E-state index in [0.717, 1.165) is 6.42 Å². The Balaban J connectivity index is 2.18. The number of hydrogen-bond acceptors (Lipinski definition) is 5. The Hall–Kier alpha value is -2.32. The van der Waals surface area contributed by atoms with Gasteiger partial charge in [0.15, 0.2) is 0 Å². The third-order valence-corrected chi connectivity index (χ3v) is 5.00. The molecule has 2 rings (SSSR count). The van der Waals surface area contributed by atoms with Gasteiger partial charge in [0.05, 0.1) is 30.7 Å². The fraction of sp³-hybridized carbons (Fsp3) is 0.353.